The molecule has 0 spiro atoms. The van der Waals surface area contributed by atoms with Gasteiger partial charge in [0.2, 0.25) is 15.9 Å². The maximum absolute atomic E-state index is 12.4. The Bertz CT molecular complexity index is 796. The quantitative estimate of drug-likeness (QED) is 0.740. The fourth-order valence-corrected chi connectivity index (χ4v) is 4.05. The topological polar surface area (TPSA) is 95.2 Å². The second-order valence-electron chi connectivity index (χ2n) is 5.90. The van der Waals surface area contributed by atoms with E-state index in [0.29, 0.717) is 24.5 Å². The van der Waals surface area contributed by atoms with E-state index in [9.17, 15) is 13.2 Å². The van der Waals surface area contributed by atoms with E-state index in [0.717, 1.165) is 12.0 Å². The number of benzene rings is 1. The molecule has 0 aliphatic heterocycles. The molecular formula is C17H24N4O3S. The molecule has 2 N–H and O–H groups in total. The minimum absolute atomic E-state index is 0.0780. The SMILES string of the molecule is CC(=O)N(CCNS(=O)(=O)c1c(C)n[nH]c1C)CCc1ccccc1. The average molecular weight is 364 g/mol. The Morgan fingerprint density at radius 2 is 1.88 bits per heavy atom. The van der Waals surface area contributed by atoms with Crippen LogP contribution >= 0.6 is 0 Å². The molecule has 0 radical (unpaired) electrons. The summed E-state index contributed by atoms with van der Waals surface area (Å²) in [7, 11) is -3.65. The van der Waals surface area contributed by atoms with Crippen LogP contribution in [0.1, 0.15) is 23.9 Å². The summed E-state index contributed by atoms with van der Waals surface area (Å²) in [6.07, 6.45) is 0.729. The van der Waals surface area contributed by atoms with Crippen LogP contribution in [-0.2, 0) is 21.2 Å². The number of aromatic nitrogens is 2. The number of carbonyl (C=O) groups is 1. The van der Waals surface area contributed by atoms with Gasteiger partial charge in [-0.05, 0) is 25.8 Å². The van der Waals surface area contributed by atoms with Gasteiger partial charge in [-0.25, -0.2) is 13.1 Å². The third-order valence-electron chi connectivity index (χ3n) is 3.96. The summed E-state index contributed by atoms with van der Waals surface area (Å²) in [4.78, 5) is 13.6. The Morgan fingerprint density at radius 3 is 2.44 bits per heavy atom. The van der Waals surface area contributed by atoms with Gasteiger partial charge in [0.15, 0.2) is 0 Å². The van der Waals surface area contributed by atoms with Crippen molar-refractivity contribution < 1.29 is 13.2 Å². The molecule has 1 amide bonds. The van der Waals surface area contributed by atoms with E-state index in [1.54, 1.807) is 18.7 Å². The van der Waals surface area contributed by atoms with Crippen molar-refractivity contribution in [1.29, 1.82) is 0 Å². The normalized spacial score (nSPS) is 11.5. The van der Waals surface area contributed by atoms with E-state index >= 15 is 0 Å². The Morgan fingerprint density at radius 1 is 1.20 bits per heavy atom. The van der Waals surface area contributed by atoms with Crippen molar-refractivity contribution in [3.8, 4) is 0 Å². The summed E-state index contributed by atoms with van der Waals surface area (Å²) in [6, 6.07) is 9.87. The lowest BCUT2D eigenvalue weighted by Crippen LogP contribution is -2.38. The van der Waals surface area contributed by atoms with Gasteiger partial charge in [0.05, 0.1) is 11.4 Å². The van der Waals surface area contributed by atoms with Gasteiger partial charge in [-0.3, -0.25) is 9.89 Å². The minimum atomic E-state index is -3.65. The monoisotopic (exact) mass is 364 g/mol. The minimum Gasteiger partial charge on any atom is -0.341 e. The molecule has 25 heavy (non-hydrogen) atoms. The highest BCUT2D eigenvalue weighted by Gasteiger charge is 2.22. The summed E-state index contributed by atoms with van der Waals surface area (Å²) < 4.78 is 27.3. The van der Waals surface area contributed by atoms with E-state index in [4.69, 9.17) is 0 Å². The second kappa shape index (κ2) is 8.26. The third kappa shape index (κ3) is 5.14. The first-order valence-electron chi connectivity index (χ1n) is 8.12. The Labute approximate surface area is 148 Å². The van der Waals surface area contributed by atoms with Crippen LogP contribution in [0, 0.1) is 13.8 Å². The zero-order chi connectivity index (χ0) is 18.4. The summed E-state index contributed by atoms with van der Waals surface area (Å²) in [5.41, 5.74) is 2.06. The van der Waals surface area contributed by atoms with Gasteiger partial charge in [-0.1, -0.05) is 30.3 Å². The number of carbonyl (C=O) groups excluding carboxylic acids is 1. The number of nitrogens with one attached hydrogen (secondary N) is 2. The largest absolute Gasteiger partial charge is 0.341 e. The predicted molar refractivity (Wildman–Crippen MR) is 95.7 cm³/mol. The van der Waals surface area contributed by atoms with Crippen LogP contribution < -0.4 is 4.72 Å². The fraction of sp³-hybridized carbons (Fsp3) is 0.412. The molecule has 7 nitrogen and oxygen atoms in total. The van der Waals surface area contributed by atoms with Gasteiger partial charge in [-0.2, -0.15) is 5.10 Å². The van der Waals surface area contributed by atoms with Gasteiger partial charge in [0, 0.05) is 26.6 Å². The molecule has 1 aromatic carbocycles. The smallest absolute Gasteiger partial charge is 0.244 e. The van der Waals surface area contributed by atoms with Crippen LogP contribution in [0.3, 0.4) is 0 Å². The second-order valence-corrected chi connectivity index (χ2v) is 7.61. The molecular weight excluding hydrogens is 340 g/mol. The van der Waals surface area contributed by atoms with E-state index in [1.807, 2.05) is 30.3 Å². The van der Waals surface area contributed by atoms with Crippen molar-refractivity contribution in [2.45, 2.75) is 32.1 Å². The van der Waals surface area contributed by atoms with Crippen molar-refractivity contribution >= 4 is 15.9 Å². The molecule has 8 heteroatoms. The number of rotatable bonds is 8. The van der Waals surface area contributed by atoms with Crippen LogP contribution in [0.4, 0.5) is 0 Å². The van der Waals surface area contributed by atoms with Gasteiger partial charge in [0.25, 0.3) is 0 Å². The number of hydrogen-bond acceptors (Lipinski definition) is 4. The summed E-state index contributed by atoms with van der Waals surface area (Å²) in [6.45, 7) is 5.81. The number of H-pyrrole nitrogens is 1. The predicted octanol–water partition coefficient (Wildman–Crippen LogP) is 1.40. The number of amides is 1. The highest BCUT2D eigenvalue weighted by atomic mass is 32.2. The van der Waals surface area contributed by atoms with Gasteiger partial charge >= 0.3 is 0 Å². The highest BCUT2D eigenvalue weighted by molar-refractivity contribution is 7.89. The average Bonchev–Trinajstić information content (AvgIpc) is 2.90. The molecule has 0 unspecified atom stereocenters. The first-order valence-corrected chi connectivity index (χ1v) is 9.60. The van der Waals surface area contributed by atoms with Crippen LogP contribution in [0.15, 0.2) is 35.2 Å². The molecule has 0 aliphatic rings. The Kier molecular flexibility index (Phi) is 6.33. The standard InChI is InChI=1S/C17H24N4O3S/c1-13-17(14(2)20-19-13)25(23,24)18-10-12-21(15(3)22)11-9-16-7-5-4-6-8-16/h4-8,18H,9-12H2,1-3H3,(H,19,20). The van der Waals surface area contributed by atoms with E-state index < -0.39 is 10.0 Å². The van der Waals surface area contributed by atoms with Gasteiger partial charge in [-0.15, -0.1) is 0 Å². The van der Waals surface area contributed by atoms with Gasteiger partial charge < -0.3 is 4.90 Å². The molecule has 0 saturated heterocycles. The van der Waals surface area contributed by atoms with Crippen LogP contribution in [0.25, 0.3) is 0 Å². The fourth-order valence-electron chi connectivity index (χ4n) is 2.66. The van der Waals surface area contributed by atoms with Crippen molar-refractivity contribution in [2.24, 2.45) is 0 Å². The van der Waals surface area contributed by atoms with Crippen LogP contribution in [0.2, 0.25) is 0 Å². The molecule has 1 heterocycles. The maximum atomic E-state index is 12.4. The molecule has 1 aromatic heterocycles. The molecule has 136 valence electrons. The summed E-state index contributed by atoms with van der Waals surface area (Å²) in [5.74, 6) is -0.0780. The van der Waals surface area contributed by atoms with Crippen LogP contribution in [0.5, 0.6) is 0 Å². The lowest BCUT2D eigenvalue weighted by molar-refractivity contribution is -0.128. The zero-order valence-electron chi connectivity index (χ0n) is 14.7. The Balaban J connectivity index is 1.92. The number of aryl methyl sites for hydroxylation is 2. The lowest BCUT2D eigenvalue weighted by atomic mass is 10.1. The first-order chi connectivity index (χ1) is 11.8. The molecule has 2 aromatic rings. The molecule has 0 aliphatic carbocycles. The summed E-state index contributed by atoms with van der Waals surface area (Å²) >= 11 is 0. The van der Waals surface area contributed by atoms with E-state index in [2.05, 4.69) is 14.9 Å². The van der Waals surface area contributed by atoms with E-state index in [-0.39, 0.29) is 17.3 Å². The van der Waals surface area contributed by atoms with Crippen molar-refractivity contribution in [2.75, 3.05) is 19.6 Å². The number of nitrogens with zero attached hydrogens (tertiary/aromatic N) is 2. The number of sulfonamides is 1. The summed E-state index contributed by atoms with van der Waals surface area (Å²) in [5, 5.41) is 6.57. The molecule has 0 saturated carbocycles. The zero-order valence-corrected chi connectivity index (χ0v) is 15.6. The lowest BCUT2D eigenvalue weighted by Gasteiger charge is -2.21. The molecule has 0 fully saturated rings. The first kappa shape index (κ1) is 19.1. The highest BCUT2D eigenvalue weighted by Crippen LogP contribution is 2.15. The van der Waals surface area contributed by atoms with E-state index in [1.165, 1.54) is 6.92 Å². The molecule has 2 rings (SSSR count). The number of hydrogen-bond donors (Lipinski definition) is 2. The number of aromatic amines is 1. The van der Waals surface area contributed by atoms with Crippen molar-refractivity contribution in [1.82, 2.24) is 19.8 Å². The van der Waals surface area contributed by atoms with Crippen molar-refractivity contribution in [3.05, 3.63) is 47.3 Å². The van der Waals surface area contributed by atoms with Gasteiger partial charge in [0.1, 0.15) is 4.90 Å². The Hall–Kier alpha value is -2.19. The maximum Gasteiger partial charge on any atom is 0.244 e. The molecule has 0 atom stereocenters. The van der Waals surface area contributed by atoms with Crippen molar-refractivity contribution in [3.63, 3.8) is 0 Å². The van der Waals surface area contributed by atoms with Crippen LogP contribution in [-0.4, -0.2) is 49.1 Å². The molecule has 0 bridgehead atoms. The third-order valence-corrected chi connectivity index (χ3v) is 5.68.